The Morgan fingerprint density at radius 3 is 2.60 bits per heavy atom. The summed E-state index contributed by atoms with van der Waals surface area (Å²) in [7, 11) is 0. The fourth-order valence-corrected chi connectivity index (χ4v) is 4.82. The van der Waals surface area contributed by atoms with Crippen molar-refractivity contribution in [3.63, 3.8) is 0 Å². The number of nitrogens with one attached hydrogen (secondary N) is 1. The van der Waals surface area contributed by atoms with Crippen LogP contribution in [-0.2, 0) is 0 Å². The molecule has 5 heterocycles. The molecule has 0 aromatic carbocycles. The van der Waals surface area contributed by atoms with Crippen LogP contribution >= 0.6 is 23.2 Å². The molecule has 8 nitrogen and oxygen atoms in total. The number of halogens is 2. The number of fused-ring (bicyclic) bond motifs is 1. The molecular formula is C25H21Cl2N7O. The number of ether oxygens (including phenoxy) is 1. The Hall–Kier alpha value is -3.49. The number of hydrogen-bond donors (Lipinski definition) is 1. The maximum atomic E-state index is 6.29. The Morgan fingerprint density at radius 1 is 1.09 bits per heavy atom. The van der Waals surface area contributed by atoms with Crippen LogP contribution in [0.25, 0.3) is 33.5 Å². The van der Waals surface area contributed by atoms with Gasteiger partial charge in [0.25, 0.3) is 0 Å². The Bertz CT molecular complexity index is 1520. The number of aryl methyl sites for hydroxylation is 1. The monoisotopic (exact) mass is 505 g/mol. The summed E-state index contributed by atoms with van der Waals surface area (Å²) in [4.78, 5) is 13.4. The van der Waals surface area contributed by atoms with Crippen molar-refractivity contribution in [2.75, 3.05) is 0 Å². The summed E-state index contributed by atoms with van der Waals surface area (Å²) in [5.74, 6) is 0.435. The fourth-order valence-electron chi connectivity index (χ4n) is 4.15. The van der Waals surface area contributed by atoms with Crippen LogP contribution in [-0.4, -0.2) is 34.9 Å². The van der Waals surface area contributed by atoms with Gasteiger partial charge in [-0.1, -0.05) is 23.2 Å². The molecule has 1 fully saturated rings. The number of pyridine rings is 3. The molecule has 1 aliphatic rings. The van der Waals surface area contributed by atoms with Gasteiger partial charge in [-0.05, 0) is 44.9 Å². The van der Waals surface area contributed by atoms with Gasteiger partial charge < -0.3 is 4.74 Å². The van der Waals surface area contributed by atoms with Gasteiger partial charge in [0.15, 0.2) is 0 Å². The lowest BCUT2D eigenvalue weighted by molar-refractivity contribution is 0.218. The van der Waals surface area contributed by atoms with Crippen LogP contribution in [0.5, 0.6) is 5.88 Å². The van der Waals surface area contributed by atoms with E-state index in [-0.39, 0.29) is 0 Å². The second-order valence-electron chi connectivity index (χ2n) is 8.67. The maximum Gasteiger partial charge on any atom is 0.214 e. The van der Waals surface area contributed by atoms with E-state index in [0.29, 0.717) is 38.7 Å². The normalized spacial score (nSPS) is 14.4. The molecule has 1 atom stereocenters. The third-order valence-corrected chi connectivity index (χ3v) is 6.73. The van der Waals surface area contributed by atoms with Crippen LogP contribution in [0.2, 0.25) is 10.0 Å². The van der Waals surface area contributed by atoms with E-state index < -0.39 is 6.10 Å². The molecule has 0 bridgehead atoms. The van der Waals surface area contributed by atoms with E-state index >= 15 is 0 Å². The molecule has 0 amide bonds. The Labute approximate surface area is 211 Å². The van der Waals surface area contributed by atoms with Crippen molar-refractivity contribution in [3.05, 3.63) is 70.4 Å². The summed E-state index contributed by atoms with van der Waals surface area (Å²) in [6.07, 6.45) is 8.96. The highest BCUT2D eigenvalue weighted by Gasteiger charge is 2.25. The number of hydrogen-bond acceptors (Lipinski definition) is 6. The molecule has 0 aliphatic heterocycles. The Balaban J connectivity index is 1.29. The van der Waals surface area contributed by atoms with Gasteiger partial charge >= 0.3 is 0 Å². The van der Waals surface area contributed by atoms with E-state index in [4.69, 9.17) is 37.9 Å². The van der Waals surface area contributed by atoms with Crippen molar-refractivity contribution in [2.45, 2.75) is 38.8 Å². The van der Waals surface area contributed by atoms with Gasteiger partial charge in [-0.15, -0.1) is 0 Å². The molecule has 6 rings (SSSR count). The number of H-pyrrole nitrogens is 1. The fraction of sp³-hybridized carbons (Fsp3) is 0.240. The van der Waals surface area contributed by atoms with Gasteiger partial charge in [-0.25, -0.2) is 4.98 Å². The lowest BCUT2D eigenvalue weighted by Crippen LogP contribution is -2.06. The van der Waals surface area contributed by atoms with Crippen molar-refractivity contribution in [1.82, 2.24) is 34.9 Å². The summed E-state index contributed by atoms with van der Waals surface area (Å²) >= 11 is 12.6. The molecular weight excluding hydrogens is 485 g/mol. The van der Waals surface area contributed by atoms with E-state index in [0.717, 1.165) is 28.0 Å². The van der Waals surface area contributed by atoms with Gasteiger partial charge in [0.05, 0.1) is 33.0 Å². The van der Waals surface area contributed by atoms with Gasteiger partial charge in [0.2, 0.25) is 5.88 Å². The summed E-state index contributed by atoms with van der Waals surface area (Å²) in [5, 5.41) is 13.0. The molecule has 0 saturated heterocycles. The molecule has 1 saturated carbocycles. The first-order valence-corrected chi connectivity index (χ1v) is 12.1. The SMILES string of the molecule is Cc1nn(C2CC2)cc1-c1ccc(-c2n[nH]c3ccc(OC(C)c4c(Cl)cncc4Cl)nc23)cn1. The minimum absolute atomic E-state index is 0.418. The molecule has 5 aromatic rings. The lowest BCUT2D eigenvalue weighted by atomic mass is 10.1. The molecule has 0 radical (unpaired) electrons. The zero-order chi connectivity index (χ0) is 24.1. The van der Waals surface area contributed by atoms with Gasteiger partial charge in [-0.3, -0.25) is 19.7 Å². The molecule has 5 aromatic heterocycles. The molecule has 10 heteroatoms. The lowest BCUT2D eigenvalue weighted by Gasteiger charge is -2.16. The highest BCUT2D eigenvalue weighted by molar-refractivity contribution is 6.35. The molecule has 1 aliphatic carbocycles. The van der Waals surface area contributed by atoms with Crippen molar-refractivity contribution >= 4 is 34.2 Å². The highest BCUT2D eigenvalue weighted by atomic mass is 35.5. The zero-order valence-corrected chi connectivity index (χ0v) is 20.5. The Morgan fingerprint density at radius 2 is 1.89 bits per heavy atom. The van der Waals surface area contributed by atoms with Crippen molar-refractivity contribution in [1.29, 1.82) is 0 Å². The topological polar surface area (TPSA) is 94.4 Å². The van der Waals surface area contributed by atoms with Gasteiger partial charge in [0.1, 0.15) is 17.3 Å². The van der Waals surface area contributed by atoms with E-state index in [1.807, 2.05) is 38.2 Å². The van der Waals surface area contributed by atoms with Crippen LogP contribution in [0.3, 0.4) is 0 Å². The van der Waals surface area contributed by atoms with Gasteiger partial charge in [0, 0.05) is 47.5 Å². The quantitative estimate of drug-likeness (QED) is 0.288. The molecule has 0 spiro atoms. The second-order valence-corrected chi connectivity index (χ2v) is 9.48. The first-order valence-electron chi connectivity index (χ1n) is 11.3. The first-order chi connectivity index (χ1) is 17.0. The highest BCUT2D eigenvalue weighted by Crippen LogP contribution is 2.36. The van der Waals surface area contributed by atoms with Crippen LogP contribution in [0.4, 0.5) is 0 Å². The van der Waals surface area contributed by atoms with E-state index in [1.165, 1.54) is 12.8 Å². The zero-order valence-electron chi connectivity index (χ0n) is 19.0. The number of aromatic amines is 1. The average molecular weight is 506 g/mol. The first kappa shape index (κ1) is 22.0. The molecule has 35 heavy (non-hydrogen) atoms. The van der Waals surface area contributed by atoms with E-state index in [9.17, 15) is 0 Å². The average Bonchev–Trinajstić information content (AvgIpc) is 3.50. The van der Waals surface area contributed by atoms with Gasteiger partial charge in [-0.2, -0.15) is 10.2 Å². The number of aromatic nitrogens is 7. The van der Waals surface area contributed by atoms with E-state index in [1.54, 1.807) is 18.5 Å². The smallest absolute Gasteiger partial charge is 0.214 e. The predicted octanol–water partition coefficient (Wildman–Crippen LogP) is 6.37. The van der Waals surface area contributed by atoms with Crippen LogP contribution in [0, 0.1) is 6.92 Å². The largest absolute Gasteiger partial charge is 0.470 e. The maximum absolute atomic E-state index is 6.29. The molecule has 176 valence electrons. The summed E-state index contributed by atoms with van der Waals surface area (Å²) in [5.41, 5.74) is 6.61. The second kappa shape index (κ2) is 8.62. The predicted molar refractivity (Wildman–Crippen MR) is 135 cm³/mol. The third kappa shape index (κ3) is 4.13. The van der Waals surface area contributed by atoms with Crippen molar-refractivity contribution in [3.8, 4) is 28.4 Å². The number of rotatable bonds is 6. The van der Waals surface area contributed by atoms with E-state index in [2.05, 4.69) is 31.2 Å². The summed E-state index contributed by atoms with van der Waals surface area (Å²) in [6.45, 7) is 3.88. The van der Waals surface area contributed by atoms with Crippen LogP contribution in [0.1, 0.15) is 43.2 Å². The summed E-state index contributed by atoms with van der Waals surface area (Å²) in [6, 6.07) is 8.19. The summed E-state index contributed by atoms with van der Waals surface area (Å²) < 4.78 is 8.13. The third-order valence-electron chi connectivity index (χ3n) is 6.13. The van der Waals surface area contributed by atoms with Crippen LogP contribution in [0.15, 0.2) is 49.1 Å². The molecule has 1 N–H and O–H groups in total. The minimum atomic E-state index is -0.418. The van der Waals surface area contributed by atoms with Crippen molar-refractivity contribution < 1.29 is 4.74 Å². The standard InChI is InChI=1S/C25H21Cl2N7O/c1-13-17(12-34(33-13)16-4-5-16)20-6-3-15(9-29-20)24-25-21(31-32-24)7-8-22(30-25)35-14(2)23-18(26)10-28-11-19(23)27/h3,6-12,14,16H,4-5H2,1-2H3,(H,31,32). The number of nitrogens with zero attached hydrogens (tertiary/aromatic N) is 6. The molecule has 1 unspecified atom stereocenters. The van der Waals surface area contributed by atoms with Crippen molar-refractivity contribution in [2.24, 2.45) is 0 Å². The van der Waals surface area contributed by atoms with Crippen LogP contribution < -0.4 is 4.74 Å². The Kier molecular flexibility index (Phi) is 5.42. The minimum Gasteiger partial charge on any atom is -0.470 e.